The maximum Gasteiger partial charge on any atom is 0.315 e. The topological polar surface area (TPSA) is 50.4 Å². The summed E-state index contributed by atoms with van der Waals surface area (Å²) in [5, 5.41) is 6.26. The number of carbonyl (C=O) groups is 1. The average molecular weight is 357 g/mol. The lowest BCUT2D eigenvalue weighted by atomic mass is 9.48. The van der Waals surface area contributed by atoms with E-state index in [9.17, 15) is 4.79 Å². The molecule has 2 amide bonds. The minimum atomic E-state index is -0.0204. The van der Waals surface area contributed by atoms with E-state index in [4.69, 9.17) is 4.74 Å². The molecule has 4 aliphatic carbocycles. The lowest BCUT2D eigenvalue weighted by Gasteiger charge is -2.59. The fraction of sp³-hybridized carbons (Fsp3) is 0.682. The smallest absolute Gasteiger partial charge is 0.315 e. The van der Waals surface area contributed by atoms with E-state index in [0.717, 1.165) is 29.9 Å². The van der Waals surface area contributed by atoms with Crippen LogP contribution in [0.3, 0.4) is 0 Å². The van der Waals surface area contributed by atoms with Crippen LogP contribution in [-0.2, 0) is 0 Å². The van der Waals surface area contributed by atoms with Crippen molar-refractivity contribution >= 4 is 6.03 Å². The summed E-state index contributed by atoms with van der Waals surface area (Å²) in [6, 6.07) is 10.1. The van der Waals surface area contributed by atoms with E-state index in [1.165, 1.54) is 38.5 Å². The highest BCUT2D eigenvalue weighted by molar-refractivity contribution is 5.74. The highest BCUT2D eigenvalue weighted by atomic mass is 16.5. The van der Waals surface area contributed by atoms with Crippen LogP contribution in [0.15, 0.2) is 30.3 Å². The Kier molecular flexibility index (Phi) is 5.10. The van der Waals surface area contributed by atoms with E-state index < -0.39 is 0 Å². The van der Waals surface area contributed by atoms with Crippen molar-refractivity contribution in [1.82, 2.24) is 10.6 Å². The highest BCUT2D eigenvalue weighted by Gasteiger charge is 2.53. The Morgan fingerprint density at radius 3 is 2.35 bits per heavy atom. The summed E-state index contributed by atoms with van der Waals surface area (Å²) in [7, 11) is 0. The molecule has 0 aromatic heterocycles. The first-order valence-electron chi connectivity index (χ1n) is 10.4. The van der Waals surface area contributed by atoms with Crippen molar-refractivity contribution in [3.8, 4) is 5.75 Å². The molecule has 0 heterocycles. The molecule has 1 aromatic carbocycles. The normalized spacial score (nSPS) is 32.9. The van der Waals surface area contributed by atoms with Crippen molar-refractivity contribution in [3.05, 3.63) is 30.3 Å². The largest absolute Gasteiger partial charge is 0.494 e. The highest BCUT2D eigenvalue weighted by Crippen LogP contribution is 2.61. The van der Waals surface area contributed by atoms with Gasteiger partial charge in [0.2, 0.25) is 0 Å². The quantitative estimate of drug-likeness (QED) is 0.713. The third kappa shape index (κ3) is 3.84. The number of hydrogen-bond donors (Lipinski definition) is 2. The van der Waals surface area contributed by atoms with Gasteiger partial charge in [-0.3, -0.25) is 0 Å². The Labute approximate surface area is 157 Å². The Bertz CT molecular complexity index is 581. The molecule has 5 rings (SSSR count). The van der Waals surface area contributed by atoms with E-state index in [0.29, 0.717) is 18.6 Å². The molecule has 4 nitrogen and oxygen atoms in total. The molecule has 4 heteroatoms. The molecule has 4 saturated carbocycles. The molecule has 0 radical (unpaired) electrons. The van der Waals surface area contributed by atoms with Crippen molar-refractivity contribution in [1.29, 1.82) is 0 Å². The second kappa shape index (κ2) is 7.50. The SMILES string of the molecule is CC(NC(=O)NCCCOc1ccccc1)C12CC3CC(CC(C3)C1)C2. The number of ether oxygens (including phenoxy) is 1. The molecule has 1 unspecified atom stereocenters. The fourth-order valence-corrected chi connectivity index (χ4v) is 6.09. The van der Waals surface area contributed by atoms with Crippen molar-refractivity contribution in [3.63, 3.8) is 0 Å². The van der Waals surface area contributed by atoms with Crippen LogP contribution >= 0.6 is 0 Å². The van der Waals surface area contributed by atoms with Gasteiger partial charge < -0.3 is 15.4 Å². The van der Waals surface area contributed by atoms with Crippen LogP contribution in [0, 0.1) is 23.2 Å². The standard InChI is InChI=1S/C22H32N2O2/c1-16(22-13-17-10-18(14-22)12-19(11-17)15-22)24-21(25)23-8-5-9-26-20-6-3-2-4-7-20/h2-4,6-7,16-19H,5,8-15H2,1H3,(H2,23,24,25). The number of urea groups is 1. The van der Waals surface area contributed by atoms with Crippen molar-refractivity contribution in [2.24, 2.45) is 23.2 Å². The second-order valence-corrected chi connectivity index (χ2v) is 8.92. The number of para-hydroxylation sites is 1. The number of carbonyl (C=O) groups excluding carboxylic acids is 1. The summed E-state index contributed by atoms with van der Waals surface area (Å²) in [5.74, 6) is 3.64. The Morgan fingerprint density at radius 2 is 1.73 bits per heavy atom. The zero-order valence-electron chi connectivity index (χ0n) is 15.9. The van der Waals surface area contributed by atoms with Crippen LogP contribution in [0.1, 0.15) is 51.9 Å². The van der Waals surface area contributed by atoms with Gasteiger partial charge in [-0.15, -0.1) is 0 Å². The Morgan fingerprint density at radius 1 is 1.12 bits per heavy atom. The molecule has 1 aromatic rings. The monoisotopic (exact) mass is 356 g/mol. The summed E-state index contributed by atoms with van der Waals surface area (Å²) in [6.45, 7) is 3.49. The molecule has 4 bridgehead atoms. The Balaban J connectivity index is 1.18. The maximum absolute atomic E-state index is 12.3. The average Bonchev–Trinajstić information content (AvgIpc) is 2.61. The van der Waals surface area contributed by atoms with Crippen molar-refractivity contribution in [2.75, 3.05) is 13.2 Å². The molecule has 2 N–H and O–H groups in total. The number of hydrogen-bond acceptors (Lipinski definition) is 2. The van der Waals surface area contributed by atoms with Gasteiger partial charge in [0.1, 0.15) is 5.75 Å². The molecule has 0 spiro atoms. The first kappa shape index (κ1) is 17.7. The van der Waals surface area contributed by atoms with E-state index in [2.05, 4.69) is 17.6 Å². The van der Waals surface area contributed by atoms with Gasteiger partial charge in [0.25, 0.3) is 0 Å². The van der Waals surface area contributed by atoms with Gasteiger partial charge in [-0.1, -0.05) is 18.2 Å². The first-order valence-corrected chi connectivity index (χ1v) is 10.4. The lowest BCUT2D eigenvalue weighted by molar-refractivity contribution is -0.0682. The van der Waals surface area contributed by atoms with Crippen LogP contribution < -0.4 is 15.4 Å². The summed E-state index contributed by atoms with van der Waals surface area (Å²) < 4.78 is 5.66. The summed E-state index contributed by atoms with van der Waals surface area (Å²) in [6.07, 6.45) is 9.12. The molecule has 142 valence electrons. The molecule has 0 aliphatic heterocycles. The first-order chi connectivity index (χ1) is 12.6. The summed E-state index contributed by atoms with van der Waals surface area (Å²) >= 11 is 0. The summed E-state index contributed by atoms with van der Waals surface area (Å²) in [5.41, 5.74) is 0.364. The summed E-state index contributed by atoms with van der Waals surface area (Å²) in [4.78, 5) is 12.3. The van der Waals surface area contributed by atoms with Gasteiger partial charge in [0.05, 0.1) is 6.61 Å². The third-order valence-electron chi connectivity index (χ3n) is 6.97. The fourth-order valence-electron chi connectivity index (χ4n) is 6.09. The Hall–Kier alpha value is -1.71. The molecule has 1 atom stereocenters. The van der Waals surface area contributed by atoms with Crippen LogP contribution in [0.4, 0.5) is 4.79 Å². The minimum Gasteiger partial charge on any atom is -0.494 e. The van der Waals surface area contributed by atoms with E-state index in [1.807, 2.05) is 30.3 Å². The number of benzene rings is 1. The van der Waals surface area contributed by atoms with Crippen molar-refractivity contribution < 1.29 is 9.53 Å². The van der Waals surface area contributed by atoms with Gasteiger partial charge in [0.15, 0.2) is 0 Å². The van der Waals surface area contributed by atoms with Gasteiger partial charge in [-0.05, 0) is 87.2 Å². The van der Waals surface area contributed by atoms with Gasteiger partial charge in [-0.25, -0.2) is 4.79 Å². The molecule has 4 fully saturated rings. The van der Waals surface area contributed by atoms with E-state index in [1.54, 1.807) is 0 Å². The van der Waals surface area contributed by atoms with Gasteiger partial charge >= 0.3 is 6.03 Å². The predicted octanol–water partition coefficient (Wildman–Crippen LogP) is 4.36. The number of rotatable bonds is 7. The van der Waals surface area contributed by atoms with E-state index >= 15 is 0 Å². The zero-order chi connectivity index (χ0) is 18.0. The van der Waals surface area contributed by atoms with Crippen molar-refractivity contribution in [2.45, 2.75) is 57.9 Å². The molecular formula is C22H32N2O2. The molecular weight excluding hydrogens is 324 g/mol. The predicted molar refractivity (Wildman–Crippen MR) is 103 cm³/mol. The maximum atomic E-state index is 12.3. The van der Waals surface area contributed by atoms with Crippen LogP contribution in [0.25, 0.3) is 0 Å². The van der Waals surface area contributed by atoms with Gasteiger partial charge in [0, 0.05) is 12.6 Å². The molecule has 26 heavy (non-hydrogen) atoms. The minimum absolute atomic E-state index is 0.0204. The van der Waals surface area contributed by atoms with E-state index in [-0.39, 0.29) is 12.1 Å². The molecule has 0 saturated heterocycles. The second-order valence-electron chi connectivity index (χ2n) is 8.92. The zero-order valence-corrected chi connectivity index (χ0v) is 15.9. The third-order valence-corrected chi connectivity index (χ3v) is 6.97. The number of amides is 2. The lowest BCUT2D eigenvalue weighted by Crippen LogP contribution is -2.57. The molecule has 4 aliphatic rings. The van der Waals surface area contributed by atoms with Crippen LogP contribution in [0.2, 0.25) is 0 Å². The van der Waals surface area contributed by atoms with Crippen LogP contribution in [-0.4, -0.2) is 25.2 Å². The van der Waals surface area contributed by atoms with Crippen LogP contribution in [0.5, 0.6) is 5.75 Å². The number of nitrogens with one attached hydrogen (secondary N) is 2. The van der Waals surface area contributed by atoms with Gasteiger partial charge in [-0.2, -0.15) is 0 Å².